The quantitative estimate of drug-likeness (QED) is 0.802. The third-order valence-corrected chi connectivity index (χ3v) is 3.92. The van der Waals surface area contributed by atoms with E-state index >= 15 is 0 Å². The number of rotatable bonds is 4. The van der Waals surface area contributed by atoms with E-state index in [9.17, 15) is 4.79 Å². The van der Waals surface area contributed by atoms with E-state index in [0.717, 1.165) is 27.8 Å². The van der Waals surface area contributed by atoms with Gasteiger partial charge in [-0.3, -0.25) is 4.79 Å². The van der Waals surface area contributed by atoms with Gasteiger partial charge in [-0.2, -0.15) is 0 Å². The van der Waals surface area contributed by atoms with Crippen molar-refractivity contribution in [3.05, 3.63) is 57.0 Å². The Kier molecular flexibility index (Phi) is 5.26. The molecule has 0 aliphatic carbocycles. The Bertz CT molecular complexity index is 673. The standard InChI is InChI=1S/C16H16BrClN2O/c1-3-10-8-11(17)4-6-14(10)20-16(21)13-9-12(18)5-7-15(13)19-2/h4-9,19H,3H2,1-2H3,(H,20,21). The van der Waals surface area contributed by atoms with E-state index in [-0.39, 0.29) is 5.91 Å². The number of carbonyl (C=O) groups excluding carboxylic acids is 1. The first kappa shape index (κ1) is 15.9. The molecule has 0 aliphatic heterocycles. The van der Waals surface area contributed by atoms with Crippen LogP contribution in [0, 0.1) is 0 Å². The second-order valence-corrected chi connectivity index (χ2v) is 5.90. The zero-order chi connectivity index (χ0) is 15.4. The van der Waals surface area contributed by atoms with Crippen LogP contribution in [0.5, 0.6) is 0 Å². The van der Waals surface area contributed by atoms with Crippen molar-refractivity contribution in [3.63, 3.8) is 0 Å². The molecule has 0 bridgehead atoms. The highest BCUT2D eigenvalue weighted by atomic mass is 79.9. The fourth-order valence-electron chi connectivity index (χ4n) is 2.09. The van der Waals surface area contributed by atoms with Crippen LogP contribution in [-0.4, -0.2) is 13.0 Å². The molecule has 0 atom stereocenters. The zero-order valence-corrected chi connectivity index (χ0v) is 14.2. The summed E-state index contributed by atoms with van der Waals surface area (Å²) in [6.07, 6.45) is 0.837. The van der Waals surface area contributed by atoms with Gasteiger partial charge in [0.05, 0.1) is 5.56 Å². The van der Waals surface area contributed by atoms with E-state index in [0.29, 0.717) is 10.6 Å². The lowest BCUT2D eigenvalue weighted by molar-refractivity contribution is 0.102. The maximum absolute atomic E-state index is 12.5. The highest BCUT2D eigenvalue weighted by Gasteiger charge is 2.13. The normalized spacial score (nSPS) is 10.3. The molecule has 2 aromatic rings. The van der Waals surface area contributed by atoms with Gasteiger partial charge in [0.1, 0.15) is 0 Å². The summed E-state index contributed by atoms with van der Waals surface area (Å²) in [5, 5.41) is 6.48. The number of hydrogen-bond acceptors (Lipinski definition) is 2. The number of carbonyl (C=O) groups is 1. The molecule has 0 fully saturated rings. The van der Waals surface area contributed by atoms with Crippen molar-refractivity contribution in [2.24, 2.45) is 0 Å². The number of benzene rings is 2. The molecule has 0 saturated heterocycles. The maximum Gasteiger partial charge on any atom is 0.257 e. The minimum Gasteiger partial charge on any atom is -0.387 e. The third kappa shape index (κ3) is 3.77. The lowest BCUT2D eigenvalue weighted by Crippen LogP contribution is -2.15. The summed E-state index contributed by atoms with van der Waals surface area (Å²) >= 11 is 9.43. The summed E-state index contributed by atoms with van der Waals surface area (Å²) in [5.41, 5.74) is 3.15. The van der Waals surface area contributed by atoms with Crippen LogP contribution in [0.3, 0.4) is 0 Å². The van der Waals surface area contributed by atoms with Gasteiger partial charge in [-0.25, -0.2) is 0 Å². The van der Waals surface area contributed by atoms with E-state index in [1.165, 1.54) is 0 Å². The maximum atomic E-state index is 12.5. The number of anilines is 2. The average Bonchev–Trinajstić information content (AvgIpc) is 2.48. The average molecular weight is 368 g/mol. The number of nitrogens with one attached hydrogen (secondary N) is 2. The fraction of sp³-hybridized carbons (Fsp3) is 0.188. The van der Waals surface area contributed by atoms with Gasteiger partial charge >= 0.3 is 0 Å². The van der Waals surface area contributed by atoms with Crippen LogP contribution in [0.25, 0.3) is 0 Å². The predicted molar refractivity (Wildman–Crippen MR) is 92.5 cm³/mol. The molecule has 1 amide bonds. The number of hydrogen-bond donors (Lipinski definition) is 2. The van der Waals surface area contributed by atoms with E-state index in [1.54, 1.807) is 25.2 Å². The summed E-state index contributed by atoms with van der Waals surface area (Å²) in [6.45, 7) is 2.05. The molecular weight excluding hydrogens is 352 g/mol. The van der Waals surface area contributed by atoms with Gasteiger partial charge in [-0.15, -0.1) is 0 Å². The lowest BCUT2D eigenvalue weighted by Gasteiger charge is -2.13. The molecule has 0 aromatic heterocycles. The Balaban J connectivity index is 2.32. The second kappa shape index (κ2) is 6.96. The predicted octanol–water partition coefficient (Wildman–Crippen LogP) is 4.96. The zero-order valence-electron chi connectivity index (χ0n) is 11.8. The van der Waals surface area contributed by atoms with Gasteiger partial charge in [0.15, 0.2) is 0 Å². The van der Waals surface area contributed by atoms with Crippen LogP contribution in [0.15, 0.2) is 40.9 Å². The van der Waals surface area contributed by atoms with Crippen LogP contribution < -0.4 is 10.6 Å². The molecule has 3 nitrogen and oxygen atoms in total. The van der Waals surface area contributed by atoms with Gasteiger partial charge in [0.2, 0.25) is 0 Å². The van der Waals surface area contributed by atoms with Crippen LogP contribution >= 0.6 is 27.5 Å². The first-order valence-electron chi connectivity index (χ1n) is 6.62. The number of aryl methyl sites for hydroxylation is 1. The molecule has 0 radical (unpaired) electrons. The Morgan fingerprint density at radius 1 is 1.19 bits per heavy atom. The van der Waals surface area contributed by atoms with Crippen molar-refractivity contribution in [3.8, 4) is 0 Å². The van der Waals surface area contributed by atoms with Crippen LogP contribution in [0.2, 0.25) is 5.02 Å². The molecule has 5 heteroatoms. The van der Waals surface area contributed by atoms with Gasteiger partial charge in [0, 0.05) is 27.9 Å². The van der Waals surface area contributed by atoms with Crippen molar-refractivity contribution in [1.29, 1.82) is 0 Å². The van der Waals surface area contributed by atoms with E-state index in [2.05, 4.69) is 33.5 Å². The Hall–Kier alpha value is -1.52. The van der Waals surface area contributed by atoms with Gasteiger partial charge in [-0.05, 0) is 48.4 Å². The summed E-state index contributed by atoms with van der Waals surface area (Å²) < 4.78 is 0.996. The number of amides is 1. The molecule has 0 aliphatic rings. The highest BCUT2D eigenvalue weighted by Crippen LogP contribution is 2.25. The van der Waals surface area contributed by atoms with Crippen molar-refractivity contribution in [2.75, 3.05) is 17.7 Å². The topological polar surface area (TPSA) is 41.1 Å². The van der Waals surface area contributed by atoms with Gasteiger partial charge in [0.25, 0.3) is 5.91 Å². The first-order chi connectivity index (χ1) is 10.0. The van der Waals surface area contributed by atoms with E-state index in [1.807, 2.05) is 18.2 Å². The SMILES string of the molecule is CCc1cc(Br)ccc1NC(=O)c1cc(Cl)ccc1NC. The lowest BCUT2D eigenvalue weighted by atomic mass is 10.1. The van der Waals surface area contributed by atoms with Gasteiger partial charge < -0.3 is 10.6 Å². The molecule has 21 heavy (non-hydrogen) atoms. The third-order valence-electron chi connectivity index (χ3n) is 3.19. The van der Waals surface area contributed by atoms with E-state index < -0.39 is 0 Å². The summed E-state index contributed by atoms with van der Waals surface area (Å²) in [4.78, 5) is 12.5. The molecule has 0 spiro atoms. The van der Waals surface area contributed by atoms with Crippen molar-refractivity contribution in [1.82, 2.24) is 0 Å². The van der Waals surface area contributed by atoms with Crippen LogP contribution in [0.1, 0.15) is 22.8 Å². The largest absolute Gasteiger partial charge is 0.387 e. The van der Waals surface area contributed by atoms with Crippen LogP contribution in [0.4, 0.5) is 11.4 Å². The first-order valence-corrected chi connectivity index (χ1v) is 7.79. The highest BCUT2D eigenvalue weighted by molar-refractivity contribution is 9.10. The van der Waals surface area contributed by atoms with Crippen LogP contribution in [-0.2, 0) is 6.42 Å². The van der Waals surface area contributed by atoms with Crippen molar-refractivity contribution < 1.29 is 4.79 Å². The Morgan fingerprint density at radius 2 is 1.90 bits per heavy atom. The molecule has 2 rings (SSSR count). The number of halogens is 2. The second-order valence-electron chi connectivity index (χ2n) is 4.55. The molecule has 0 heterocycles. The smallest absolute Gasteiger partial charge is 0.257 e. The summed E-state index contributed by atoms with van der Waals surface area (Å²) in [7, 11) is 1.77. The Labute approximate surface area is 137 Å². The monoisotopic (exact) mass is 366 g/mol. The summed E-state index contributed by atoms with van der Waals surface area (Å²) in [6, 6.07) is 11.0. The molecule has 0 unspecified atom stereocenters. The van der Waals surface area contributed by atoms with Crippen molar-refractivity contribution in [2.45, 2.75) is 13.3 Å². The molecule has 2 N–H and O–H groups in total. The minimum absolute atomic E-state index is 0.182. The molecule has 0 saturated carbocycles. The Morgan fingerprint density at radius 3 is 2.57 bits per heavy atom. The van der Waals surface area contributed by atoms with E-state index in [4.69, 9.17) is 11.6 Å². The van der Waals surface area contributed by atoms with Crippen molar-refractivity contribution >= 4 is 44.8 Å². The summed E-state index contributed by atoms with van der Waals surface area (Å²) in [5.74, 6) is -0.182. The molecule has 110 valence electrons. The fourth-order valence-corrected chi connectivity index (χ4v) is 2.67. The molecule has 2 aromatic carbocycles. The minimum atomic E-state index is -0.182. The molecular formula is C16H16BrClN2O. The van der Waals surface area contributed by atoms with Gasteiger partial charge in [-0.1, -0.05) is 34.5 Å².